The topological polar surface area (TPSA) is 37.0 Å². The van der Waals surface area contributed by atoms with Crippen LogP contribution in [0.3, 0.4) is 0 Å². The SMILES string of the molecule is CC(C)(C)CNCCNc1ccnc2cc(Cl)ccc12.Cl. The van der Waals surface area contributed by atoms with Crippen molar-refractivity contribution in [3.8, 4) is 0 Å². The van der Waals surface area contributed by atoms with Crippen LogP contribution in [0, 0.1) is 5.41 Å². The standard InChI is InChI=1S/C16H22ClN3.ClH/c1-16(2,3)11-18-8-9-20-14-6-7-19-15-10-12(17)4-5-13(14)15;/h4-7,10,18H,8-9,11H2,1-3H3,(H,19,20);1H. The molecule has 3 nitrogen and oxygen atoms in total. The highest BCUT2D eigenvalue weighted by molar-refractivity contribution is 6.31. The Hall–Kier alpha value is -1.03. The maximum Gasteiger partial charge on any atom is 0.0737 e. The fourth-order valence-corrected chi connectivity index (χ4v) is 2.19. The van der Waals surface area contributed by atoms with Crippen molar-refractivity contribution in [1.82, 2.24) is 10.3 Å². The third kappa shape index (κ3) is 5.70. The van der Waals surface area contributed by atoms with E-state index in [1.54, 1.807) is 0 Å². The molecule has 0 radical (unpaired) electrons. The van der Waals surface area contributed by atoms with Crippen LogP contribution in [-0.2, 0) is 0 Å². The van der Waals surface area contributed by atoms with E-state index >= 15 is 0 Å². The van der Waals surface area contributed by atoms with Crippen LogP contribution in [0.25, 0.3) is 10.9 Å². The molecular formula is C16H23Cl2N3. The van der Waals surface area contributed by atoms with Gasteiger partial charge < -0.3 is 10.6 Å². The van der Waals surface area contributed by atoms with Crippen LogP contribution in [-0.4, -0.2) is 24.6 Å². The van der Waals surface area contributed by atoms with Gasteiger partial charge in [0.05, 0.1) is 5.52 Å². The van der Waals surface area contributed by atoms with Crippen molar-refractivity contribution in [3.63, 3.8) is 0 Å². The maximum atomic E-state index is 5.99. The number of hydrogen-bond acceptors (Lipinski definition) is 3. The minimum Gasteiger partial charge on any atom is -0.383 e. The van der Waals surface area contributed by atoms with E-state index in [-0.39, 0.29) is 12.4 Å². The van der Waals surface area contributed by atoms with E-state index in [1.807, 2.05) is 30.5 Å². The summed E-state index contributed by atoms with van der Waals surface area (Å²) in [4.78, 5) is 4.34. The van der Waals surface area contributed by atoms with Gasteiger partial charge in [0, 0.05) is 41.9 Å². The zero-order valence-corrected chi connectivity index (χ0v) is 14.3. The molecule has 21 heavy (non-hydrogen) atoms. The van der Waals surface area contributed by atoms with E-state index in [9.17, 15) is 0 Å². The number of anilines is 1. The molecule has 0 aliphatic heterocycles. The molecule has 0 fully saturated rings. The first kappa shape index (κ1) is 18.0. The van der Waals surface area contributed by atoms with Crippen LogP contribution >= 0.6 is 24.0 Å². The largest absolute Gasteiger partial charge is 0.383 e. The first-order chi connectivity index (χ1) is 9.46. The summed E-state index contributed by atoms with van der Waals surface area (Å²) in [6.07, 6.45) is 1.81. The average molecular weight is 328 g/mol. The van der Waals surface area contributed by atoms with Crippen molar-refractivity contribution in [3.05, 3.63) is 35.5 Å². The molecule has 0 amide bonds. The van der Waals surface area contributed by atoms with Crippen molar-refractivity contribution >= 4 is 40.6 Å². The molecule has 1 aromatic heterocycles. The Morgan fingerprint density at radius 3 is 2.62 bits per heavy atom. The summed E-state index contributed by atoms with van der Waals surface area (Å²) in [5.74, 6) is 0. The second-order valence-corrected chi connectivity index (χ2v) is 6.62. The highest BCUT2D eigenvalue weighted by Crippen LogP contribution is 2.24. The third-order valence-corrected chi connectivity index (χ3v) is 3.21. The molecule has 0 aliphatic carbocycles. The smallest absolute Gasteiger partial charge is 0.0737 e. The molecule has 0 saturated heterocycles. The lowest BCUT2D eigenvalue weighted by Gasteiger charge is -2.19. The van der Waals surface area contributed by atoms with Gasteiger partial charge in [-0.3, -0.25) is 4.98 Å². The lowest BCUT2D eigenvalue weighted by molar-refractivity contribution is 0.384. The Morgan fingerprint density at radius 2 is 1.90 bits per heavy atom. The number of halogens is 2. The van der Waals surface area contributed by atoms with E-state index in [0.29, 0.717) is 10.4 Å². The molecule has 1 aromatic carbocycles. The summed E-state index contributed by atoms with van der Waals surface area (Å²) < 4.78 is 0. The maximum absolute atomic E-state index is 5.99. The number of benzene rings is 1. The Balaban J connectivity index is 0.00000220. The second kappa shape index (κ2) is 7.83. The van der Waals surface area contributed by atoms with Crippen LogP contribution in [0.1, 0.15) is 20.8 Å². The van der Waals surface area contributed by atoms with Crippen LogP contribution in [0.15, 0.2) is 30.5 Å². The van der Waals surface area contributed by atoms with Crippen LogP contribution in [0.4, 0.5) is 5.69 Å². The number of hydrogen-bond donors (Lipinski definition) is 2. The molecule has 116 valence electrons. The molecule has 2 rings (SSSR count). The number of aromatic nitrogens is 1. The first-order valence-electron chi connectivity index (χ1n) is 6.95. The van der Waals surface area contributed by atoms with E-state index in [0.717, 1.165) is 36.2 Å². The predicted octanol–water partition coefficient (Wildman–Crippen LogP) is 4.36. The molecule has 1 heterocycles. The lowest BCUT2D eigenvalue weighted by Crippen LogP contribution is -2.30. The molecule has 2 aromatic rings. The Kier molecular flexibility index (Phi) is 6.72. The summed E-state index contributed by atoms with van der Waals surface area (Å²) in [5, 5.41) is 8.72. The van der Waals surface area contributed by atoms with Gasteiger partial charge in [0.2, 0.25) is 0 Å². The van der Waals surface area contributed by atoms with E-state index in [4.69, 9.17) is 11.6 Å². The molecule has 0 atom stereocenters. The number of nitrogens with one attached hydrogen (secondary N) is 2. The number of fused-ring (bicyclic) bond motifs is 1. The minimum atomic E-state index is 0. The zero-order chi connectivity index (χ0) is 14.6. The molecule has 0 spiro atoms. The fraction of sp³-hybridized carbons (Fsp3) is 0.438. The molecule has 0 unspecified atom stereocenters. The first-order valence-corrected chi connectivity index (χ1v) is 7.32. The zero-order valence-electron chi connectivity index (χ0n) is 12.7. The van der Waals surface area contributed by atoms with Gasteiger partial charge in [0.1, 0.15) is 0 Å². The van der Waals surface area contributed by atoms with E-state index < -0.39 is 0 Å². The summed E-state index contributed by atoms with van der Waals surface area (Å²) in [6, 6.07) is 7.80. The summed E-state index contributed by atoms with van der Waals surface area (Å²) in [6.45, 7) is 9.53. The average Bonchev–Trinajstić information content (AvgIpc) is 2.36. The third-order valence-electron chi connectivity index (χ3n) is 2.98. The number of rotatable bonds is 5. The predicted molar refractivity (Wildman–Crippen MR) is 94.8 cm³/mol. The lowest BCUT2D eigenvalue weighted by atomic mass is 9.97. The monoisotopic (exact) mass is 327 g/mol. The number of pyridine rings is 1. The highest BCUT2D eigenvalue weighted by atomic mass is 35.5. The Morgan fingerprint density at radius 1 is 1.14 bits per heavy atom. The van der Waals surface area contributed by atoms with Crippen LogP contribution < -0.4 is 10.6 Å². The van der Waals surface area contributed by atoms with Gasteiger partial charge in [-0.25, -0.2) is 0 Å². The summed E-state index contributed by atoms with van der Waals surface area (Å²) >= 11 is 5.99. The fourth-order valence-electron chi connectivity index (χ4n) is 2.02. The van der Waals surface area contributed by atoms with Gasteiger partial charge in [-0.1, -0.05) is 32.4 Å². The molecule has 0 aliphatic rings. The van der Waals surface area contributed by atoms with Crippen molar-refractivity contribution in [1.29, 1.82) is 0 Å². The van der Waals surface area contributed by atoms with Crippen molar-refractivity contribution in [2.45, 2.75) is 20.8 Å². The molecule has 0 saturated carbocycles. The van der Waals surface area contributed by atoms with Gasteiger partial charge in [0.15, 0.2) is 0 Å². The van der Waals surface area contributed by atoms with Gasteiger partial charge >= 0.3 is 0 Å². The Labute approximate surface area is 137 Å². The Bertz CT molecular complexity index is 579. The highest BCUT2D eigenvalue weighted by Gasteiger charge is 2.08. The van der Waals surface area contributed by atoms with Crippen LogP contribution in [0.2, 0.25) is 5.02 Å². The van der Waals surface area contributed by atoms with Gasteiger partial charge in [0.25, 0.3) is 0 Å². The summed E-state index contributed by atoms with van der Waals surface area (Å²) in [5.41, 5.74) is 2.34. The van der Waals surface area contributed by atoms with Crippen LogP contribution in [0.5, 0.6) is 0 Å². The van der Waals surface area contributed by atoms with Crippen molar-refractivity contribution in [2.24, 2.45) is 5.41 Å². The second-order valence-electron chi connectivity index (χ2n) is 6.18. The summed E-state index contributed by atoms with van der Waals surface area (Å²) in [7, 11) is 0. The minimum absolute atomic E-state index is 0. The normalized spacial score (nSPS) is 11.2. The van der Waals surface area contributed by atoms with Gasteiger partial charge in [-0.2, -0.15) is 0 Å². The van der Waals surface area contributed by atoms with E-state index in [2.05, 4.69) is 36.4 Å². The molecule has 5 heteroatoms. The van der Waals surface area contributed by atoms with Crippen molar-refractivity contribution < 1.29 is 0 Å². The van der Waals surface area contributed by atoms with Gasteiger partial charge in [-0.05, 0) is 29.7 Å². The van der Waals surface area contributed by atoms with Crippen molar-refractivity contribution in [2.75, 3.05) is 25.0 Å². The number of nitrogens with zero attached hydrogens (tertiary/aromatic N) is 1. The van der Waals surface area contributed by atoms with E-state index in [1.165, 1.54) is 0 Å². The molecule has 2 N–H and O–H groups in total. The van der Waals surface area contributed by atoms with Gasteiger partial charge in [-0.15, -0.1) is 12.4 Å². The molecule has 0 bridgehead atoms. The molecular weight excluding hydrogens is 305 g/mol. The quantitative estimate of drug-likeness (QED) is 0.801.